The highest BCUT2D eigenvalue weighted by Crippen LogP contribution is 2.40. The molecule has 0 saturated heterocycles. The lowest BCUT2D eigenvalue weighted by Gasteiger charge is -2.30. The average molecular weight is 262 g/mol. The SMILES string of the molecule is CCCC1c2ccccc2OC(=O)C1C(=O)OCC. The molecule has 0 aliphatic carbocycles. The van der Waals surface area contributed by atoms with E-state index in [4.69, 9.17) is 9.47 Å². The molecule has 0 spiro atoms. The van der Waals surface area contributed by atoms with E-state index in [-0.39, 0.29) is 12.5 Å². The molecule has 1 heterocycles. The Morgan fingerprint density at radius 2 is 2.05 bits per heavy atom. The number of ether oxygens (including phenoxy) is 2. The molecule has 2 unspecified atom stereocenters. The average Bonchev–Trinajstić information content (AvgIpc) is 2.39. The van der Waals surface area contributed by atoms with E-state index in [1.165, 1.54) is 0 Å². The molecule has 0 fully saturated rings. The number of carbonyl (C=O) groups is 2. The van der Waals surface area contributed by atoms with Crippen LogP contribution in [0.25, 0.3) is 0 Å². The van der Waals surface area contributed by atoms with Crippen molar-refractivity contribution < 1.29 is 19.1 Å². The van der Waals surface area contributed by atoms with Gasteiger partial charge in [-0.1, -0.05) is 31.5 Å². The van der Waals surface area contributed by atoms with Crippen LogP contribution in [-0.4, -0.2) is 18.5 Å². The summed E-state index contributed by atoms with van der Waals surface area (Å²) in [5.41, 5.74) is 0.919. The van der Waals surface area contributed by atoms with Crippen LogP contribution in [0.15, 0.2) is 24.3 Å². The van der Waals surface area contributed by atoms with Crippen molar-refractivity contribution in [3.63, 3.8) is 0 Å². The fourth-order valence-corrected chi connectivity index (χ4v) is 2.52. The van der Waals surface area contributed by atoms with Crippen LogP contribution >= 0.6 is 0 Å². The maximum atomic E-state index is 12.0. The maximum absolute atomic E-state index is 12.0. The quantitative estimate of drug-likeness (QED) is 0.475. The molecule has 19 heavy (non-hydrogen) atoms. The molecule has 0 saturated carbocycles. The highest BCUT2D eigenvalue weighted by molar-refractivity contribution is 5.98. The predicted molar refractivity (Wildman–Crippen MR) is 69.8 cm³/mol. The highest BCUT2D eigenvalue weighted by Gasteiger charge is 2.42. The molecule has 1 aliphatic heterocycles. The first-order chi connectivity index (χ1) is 9.19. The first kappa shape index (κ1) is 13.6. The van der Waals surface area contributed by atoms with E-state index in [1.54, 1.807) is 13.0 Å². The molecule has 2 rings (SSSR count). The van der Waals surface area contributed by atoms with E-state index in [0.717, 1.165) is 18.4 Å². The minimum atomic E-state index is -0.838. The summed E-state index contributed by atoms with van der Waals surface area (Å²) < 4.78 is 10.3. The van der Waals surface area contributed by atoms with Crippen molar-refractivity contribution in [2.75, 3.05) is 6.61 Å². The van der Waals surface area contributed by atoms with Gasteiger partial charge in [-0.15, -0.1) is 0 Å². The summed E-state index contributed by atoms with van der Waals surface area (Å²) in [5, 5.41) is 0. The Morgan fingerprint density at radius 3 is 2.74 bits per heavy atom. The lowest BCUT2D eigenvalue weighted by Crippen LogP contribution is -2.38. The Morgan fingerprint density at radius 1 is 1.32 bits per heavy atom. The summed E-state index contributed by atoms with van der Waals surface area (Å²) in [4.78, 5) is 24.0. The topological polar surface area (TPSA) is 52.6 Å². The molecule has 0 radical (unpaired) electrons. The summed E-state index contributed by atoms with van der Waals surface area (Å²) in [6.45, 7) is 4.03. The Bertz CT molecular complexity index is 481. The minimum absolute atomic E-state index is 0.151. The number of hydrogen-bond acceptors (Lipinski definition) is 4. The van der Waals surface area contributed by atoms with Crippen molar-refractivity contribution >= 4 is 11.9 Å². The maximum Gasteiger partial charge on any atom is 0.326 e. The Balaban J connectivity index is 2.38. The van der Waals surface area contributed by atoms with Gasteiger partial charge >= 0.3 is 11.9 Å². The number of esters is 2. The number of rotatable bonds is 4. The highest BCUT2D eigenvalue weighted by atomic mass is 16.6. The van der Waals surface area contributed by atoms with Gasteiger partial charge in [-0.05, 0) is 25.0 Å². The molecule has 0 aromatic heterocycles. The first-order valence-electron chi connectivity index (χ1n) is 6.66. The molecule has 102 valence electrons. The van der Waals surface area contributed by atoms with Gasteiger partial charge in [-0.2, -0.15) is 0 Å². The van der Waals surface area contributed by atoms with Crippen molar-refractivity contribution in [1.82, 2.24) is 0 Å². The van der Waals surface area contributed by atoms with Crippen molar-refractivity contribution in [3.05, 3.63) is 29.8 Å². The smallest absolute Gasteiger partial charge is 0.326 e. The summed E-state index contributed by atoms with van der Waals surface area (Å²) in [7, 11) is 0. The van der Waals surface area contributed by atoms with Crippen molar-refractivity contribution in [2.24, 2.45) is 5.92 Å². The number of benzene rings is 1. The molecular formula is C15H18O4. The Labute approximate surface area is 112 Å². The second kappa shape index (κ2) is 5.87. The first-order valence-corrected chi connectivity index (χ1v) is 6.66. The second-order valence-corrected chi connectivity index (χ2v) is 4.58. The number of hydrogen-bond donors (Lipinski definition) is 0. The van der Waals surface area contributed by atoms with E-state index in [0.29, 0.717) is 5.75 Å². The number of carbonyl (C=O) groups excluding carboxylic acids is 2. The molecule has 4 nitrogen and oxygen atoms in total. The van der Waals surface area contributed by atoms with Gasteiger partial charge in [-0.3, -0.25) is 9.59 Å². The van der Waals surface area contributed by atoms with E-state index in [2.05, 4.69) is 0 Å². The van der Waals surface area contributed by atoms with Gasteiger partial charge in [0.2, 0.25) is 0 Å². The standard InChI is InChI=1S/C15H18O4/c1-3-7-11-10-8-5-6-9-12(10)19-15(17)13(11)14(16)18-4-2/h5-6,8-9,11,13H,3-4,7H2,1-2H3. The zero-order valence-corrected chi connectivity index (χ0v) is 11.2. The van der Waals surface area contributed by atoms with Crippen molar-refractivity contribution in [3.8, 4) is 5.75 Å². The Hall–Kier alpha value is -1.84. The van der Waals surface area contributed by atoms with Gasteiger partial charge in [0.15, 0.2) is 5.92 Å². The van der Waals surface area contributed by atoms with Crippen LogP contribution in [0.5, 0.6) is 5.75 Å². The normalized spacial score (nSPS) is 21.5. The fourth-order valence-electron chi connectivity index (χ4n) is 2.52. The summed E-state index contributed by atoms with van der Waals surface area (Å²) >= 11 is 0. The van der Waals surface area contributed by atoms with Crippen LogP contribution in [0, 0.1) is 5.92 Å². The molecule has 1 aromatic rings. The van der Waals surface area contributed by atoms with Crippen LogP contribution < -0.4 is 4.74 Å². The van der Waals surface area contributed by atoms with E-state index in [9.17, 15) is 9.59 Å². The summed E-state index contributed by atoms with van der Waals surface area (Å²) in [6.07, 6.45) is 1.65. The van der Waals surface area contributed by atoms with Crippen molar-refractivity contribution in [1.29, 1.82) is 0 Å². The van der Waals surface area contributed by atoms with Gasteiger partial charge in [0.25, 0.3) is 0 Å². The predicted octanol–water partition coefficient (Wildman–Crippen LogP) is 2.67. The van der Waals surface area contributed by atoms with Gasteiger partial charge in [0.1, 0.15) is 5.75 Å². The van der Waals surface area contributed by atoms with E-state index < -0.39 is 17.9 Å². The van der Waals surface area contributed by atoms with Crippen LogP contribution in [0.2, 0.25) is 0 Å². The largest absolute Gasteiger partial charge is 0.465 e. The third-order valence-corrected chi connectivity index (χ3v) is 3.33. The van der Waals surface area contributed by atoms with Crippen LogP contribution in [0.3, 0.4) is 0 Å². The van der Waals surface area contributed by atoms with Gasteiger partial charge in [0, 0.05) is 5.92 Å². The summed E-state index contributed by atoms with van der Waals surface area (Å²) in [5.74, 6) is -1.42. The third kappa shape index (κ3) is 2.62. The fraction of sp³-hybridized carbons (Fsp3) is 0.467. The lowest BCUT2D eigenvalue weighted by molar-refractivity contribution is -0.159. The van der Waals surface area contributed by atoms with E-state index >= 15 is 0 Å². The third-order valence-electron chi connectivity index (χ3n) is 3.33. The lowest BCUT2D eigenvalue weighted by atomic mass is 9.80. The molecule has 2 atom stereocenters. The van der Waals surface area contributed by atoms with Gasteiger partial charge < -0.3 is 9.47 Å². The zero-order valence-electron chi connectivity index (χ0n) is 11.2. The zero-order chi connectivity index (χ0) is 13.8. The van der Waals surface area contributed by atoms with Crippen LogP contribution in [0.1, 0.15) is 38.2 Å². The second-order valence-electron chi connectivity index (χ2n) is 4.58. The summed E-state index contributed by atoms with van der Waals surface area (Å²) in [6, 6.07) is 7.38. The van der Waals surface area contributed by atoms with Crippen LogP contribution in [0.4, 0.5) is 0 Å². The Kier molecular flexibility index (Phi) is 4.20. The number of para-hydroxylation sites is 1. The molecule has 1 aromatic carbocycles. The van der Waals surface area contributed by atoms with Crippen molar-refractivity contribution in [2.45, 2.75) is 32.6 Å². The molecule has 0 amide bonds. The van der Waals surface area contributed by atoms with Gasteiger partial charge in [-0.25, -0.2) is 0 Å². The molecule has 0 bridgehead atoms. The van der Waals surface area contributed by atoms with Crippen LogP contribution in [-0.2, 0) is 14.3 Å². The van der Waals surface area contributed by atoms with Gasteiger partial charge in [0.05, 0.1) is 6.61 Å². The minimum Gasteiger partial charge on any atom is -0.465 e. The van der Waals surface area contributed by atoms with E-state index in [1.807, 2.05) is 25.1 Å². The molecule has 1 aliphatic rings. The molecule has 4 heteroatoms. The molecule has 0 N–H and O–H groups in total. The molecular weight excluding hydrogens is 244 g/mol. The monoisotopic (exact) mass is 262 g/mol. The number of fused-ring (bicyclic) bond motifs is 1.